The van der Waals surface area contributed by atoms with Crippen LogP contribution in [0.25, 0.3) is 0 Å². The smallest absolute Gasteiger partial charge is 0.334 e. The number of ether oxygens (including phenoxy) is 2. The summed E-state index contributed by atoms with van der Waals surface area (Å²) in [6, 6.07) is 0. The Morgan fingerprint density at radius 2 is 1.78 bits per heavy atom. The zero-order valence-electron chi connectivity index (χ0n) is 18.4. The first kappa shape index (κ1) is 26.0. The van der Waals surface area contributed by atoms with Crippen LogP contribution in [0, 0.1) is 5.13 Å². The normalized spacial score (nSPS) is 13.7. The van der Waals surface area contributed by atoms with Gasteiger partial charge < -0.3 is 9.47 Å². The Bertz CT molecular complexity index is 926. The fourth-order valence-electron chi connectivity index (χ4n) is 3.43. The summed E-state index contributed by atoms with van der Waals surface area (Å²) in [6.45, 7) is 3.39. The molecule has 1 aromatic rings. The predicted molar refractivity (Wildman–Crippen MR) is 119 cm³/mol. The number of esters is 2. The number of methoxy groups -OCH3 is 1. The standard InChI is InChI=1S/C22H27ClFNO6S/c1-4-5-8-11-31-22(29)15-10-7-6-9-14(15)21(28)25(13(2)26)19-18(23)16(32-20(19)24)12-17(27)30-3/h4-12H2,1-3H3. The van der Waals surface area contributed by atoms with Crippen molar-refractivity contribution in [2.75, 3.05) is 18.6 Å². The Balaban J connectivity index is 2.40. The molecule has 176 valence electrons. The van der Waals surface area contributed by atoms with Gasteiger partial charge in [-0.15, -0.1) is 11.3 Å². The molecule has 2 rings (SSSR count). The molecule has 0 spiro atoms. The number of unbranched alkanes of at least 4 members (excludes halogenated alkanes) is 2. The van der Waals surface area contributed by atoms with Gasteiger partial charge in [0.15, 0.2) is 0 Å². The average Bonchev–Trinajstić information content (AvgIpc) is 3.04. The summed E-state index contributed by atoms with van der Waals surface area (Å²) in [5, 5.41) is -1.08. The highest BCUT2D eigenvalue weighted by Crippen LogP contribution is 2.41. The summed E-state index contributed by atoms with van der Waals surface area (Å²) in [5.41, 5.74) is -0.0736. The minimum absolute atomic E-state index is 0.128. The van der Waals surface area contributed by atoms with Crippen molar-refractivity contribution in [3.63, 3.8) is 0 Å². The second kappa shape index (κ2) is 12.1. The SMILES string of the molecule is CCCCCOC(=O)C1=C(C(=O)N(C(C)=O)c2c(F)sc(CC(=O)OC)c2Cl)CCCC1. The monoisotopic (exact) mass is 487 g/mol. The van der Waals surface area contributed by atoms with Gasteiger partial charge >= 0.3 is 11.9 Å². The van der Waals surface area contributed by atoms with Crippen molar-refractivity contribution < 1.29 is 33.0 Å². The van der Waals surface area contributed by atoms with Gasteiger partial charge in [-0.05, 0) is 32.1 Å². The van der Waals surface area contributed by atoms with E-state index >= 15 is 0 Å². The quantitative estimate of drug-likeness (QED) is 0.369. The Morgan fingerprint density at radius 1 is 1.12 bits per heavy atom. The van der Waals surface area contributed by atoms with Gasteiger partial charge in [-0.2, -0.15) is 4.39 Å². The van der Waals surface area contributed by atoms with E-state index in [4.69, 9.17) is 16.3 Å². The molecule has 0 radical (unpaired) electrons. The summed E-state index contributed by atoms with van der Waals surface area (Å²) >= 11 is 6.82. The molecule has 32 heavy (non-hydrogen) atoms. The molecule has 7 nitrogen and oxygen atoms in total. The summed E-state index contributed by atoms with van der Waals surface area (Å²) < 4.78 is 24.7. The molecule has 0 saturated carbocycles. The molecule has 0 aromatic carbocycles. The van der Waals surface area contributed by atoms with Gasteiger partial charge in [0, 0.05) is 22.9 Å². The van der Waals surface area contributed by atoms with Gasteiger partial charge in [0.25, 0.3) is 5.91 Å². The van der Waals surface area contributed by atoms with E-state index in [2.05, 4.69) is 4.74 Å². The summed E-state index contributed by atoms with van der Waals surface area (Å²) in [5.74, 6) is -2.78. The van der Waals surface area contributed by atoms with Crippen molar-refractivity contribution in [2.45, 2.75) is 65.2 Å². The molecule has 1 aliphatic carbocycles. The number of halogens is 2. The van der Waals surface area contributed by atoms with Crippen LogP contribution in [0.5, 0.6) is 0 Å². The van der Waals surface area contributed by atoms with Crippen molar-refractivity contribution in [3.8, 4) is 0 Å². The third-order valence-electron chi connectivity index (χ3n) is 5.08. The van der Waals surface area contributed by atoms with E-state index in [9.17, 15) is 23.6 Å². The second-order valence-corrected chi connectivity index (χ2v) is 8.81. The van der Waals surface area contributed by atoms with Crippen LogP contribution >= 0.6 is 22.9 Å². The molecule has 0 saturated heterocycles. The molecule has 0 N–H and O–H groups in total. The number of nitrogens with zero attached hydrogens (tertiary/aromatic N) is 1. The highest BCUT2D eigenvalue weighted by Gasteiger charge is 2.35. The van der Waals surface area contributed by atoms with Gasteiger partial charge in [0.1, 0.15) is 5.69 Å². The molecule has 0 atom stereocenters. The van der Waals surface area contributed by atoms with E-state index in [0.29, 0.717) is 35.5 Å². The molecular formula is C22H27ClFNO6S. The number of rotatable bonds is 9. The lowest BCUT2D eigenvalue weighted by Crippen LogP contribution is -2.38. The van der Waals surface area contributed by atoms with E-state index in [1.807, 2.05) is 6.92 Å². The first-order valence-corrected chi connectivity index (χ1v) is 11.7. The molecule has 0 unspecified atom stereocenters. The summed E-state index contributed by atoms with van der Waals surface area (Å²) in [6.07, 6.45) is 4.27. The van der Waals surface area contributed by atoms with Crippen molar-refractivity contribution in [1.29, 1.82) is 0 Å². The van der Waals surface area contributed by atoms with Crippen LogP contribution in [0.2, 0.25) is 5.02 Å². The van der Waals surface area contributed by atoms with Crippen LogP contribution in [-0.4, -0.2) is 37.5 Å². The zero-order valence-corrected chi connectivity index (χ0v) is 20.0. The molecular weight excluding hydrogens is 461 g/mol. The van der Waals surface area contributed by atoms with Gasteiger partial charge in [-0.25, -0.2) is 9.69 Å². The fourth-order valence-corrected chi connectivity index (χ4v) is 4.72. The third-order valence-corrected chi connectivity index (χ3v) is 6.57. The highest BCUT2D eigenvalue weighted by atomic mass is 35.5. The molecule has 1 heterocycles. The van der Waals surface area contributed by atoms with Gasteiger partial charge in [-0.3, -0.25) is 14.4 Å². The third kappa shape index (κ3) is 6.16. The average molecular weight is 488 g/mol. The van der Waals surface area contributed by atoms with Crippen LogP contribution in [0.15, 0.2) is 11.1 Å². The maximum atomic E-state index is 14.8. The summed E-state index contributed by atoms with van der Waals surface area (Å²) in [7, 11) is 1.19. The Kier molecular flexibility index (Phi) is 9.84. The fraction of sp³-hybridized carbons (Fsp3) is 0.545. The second-order valence-electron chi connectivity index (χ2n) is 7.38. The molecule has 1 aliphatic rings. The largest absolute Gasteiger partial charge is 0.469 e. The topological polar surface area (TPSA) is 90.0 Å². The number of anilines is 1. The number of amides is 2. The predicted octanol–water partition coefficient (Wildman–Crippen LogP) is 4.74. The maximum Gasteiger partial charge on any atom is 0.334 e. The first-order chi connectivity index (χ1) is 15.2. The minimum Gasteiger partial charge on any atom is -0.469 e. The first-order valence-electron chi connectivity index (χ1n) is 10.5. The number of imide groups is 1. The Labute approximate surface area is 195 Å². The maximum absolute atomic E-state index is 14.8. The van der Waals surface area contributed by atoms with Crippen molar-refractivity contribution in [2.24, 2.45) is 0 Å². The van der Waals surface area contributed by atoms with E-state index in [0.717, 1.165) is 26.2 Å². The molecule has 0 aliphatic heterocycles. The summed E-state index contributed by atoms with van der Waals surface area (Å²) in [4.78, 5) is 50.7. The number of thiophene rings is 1. The van der Waals surface area contributed by atoms with E-state index < -0.39 is 34.6 Å². The van der Waals surface area contributed by atoms with Crippen LogP contribution in [0.1, 0.15) is 63.7 Å². The molecule has 1 aromatic heterocycles. The van der Waals surface area contributed by atoms with Crippen molar-refractivity contribution in [3.05, 3.63) is 26.2 Å². The number of carbonyl (C=O) groups excluding carboxylic acids is 4. The van der Waals surface area contributed by atoms with Crippen molar-refractivity contribution in [1.82, 2.24) is 0 Å². The van der Waals surface area contributed by atoms with Crippen molar-refractivity contribution >= 4 is 52.4 Å². The number of carbonyl (C=O) groups is 4. The van der Waals surface area contributed by atoms with Crippen LogP contribution in [-0.2, 0) is 35.1 Å². The lowest BCUT2D eigenvalue weighted by atomic mass is 9.90. The molecule has 0 fully saturated rings. The lowest BCUT2D eigenvalue weighted by Gasteiger charge is -2.24. The molecule has 2 amide bonds. The Hall–Kier alpha value is -2.26. The molecule has 10 heteroatoms. The lowest BCUT2D eigenvalue weighted by molar-refractivity contribution is -0.140. The minimum atomic E-state index is -0.877. The van der Waals surface area contributed by atoms with Crippen LogP contribution in [0.3, 0.4) is 0 Å². The van der Waals surface area contributed by atoms with E-state index in [-0.39, 0.29) is 40.5 Å². The van der Waals surface area contributed by atoms with Gasteiger partial charge in [-0.1, -0.05) is 31.4 Å². The number of hydrogen-bond acceptors (Lipinski definition) is 7. The zero-order chi connectivity index (χ0) is 23.8. The Morgan fingerprint density at radius 3 is 2.38 bits per heavy atom. The van der Waals surface area contributed by atoms with Crippen LogP contribution in [0.4, 0.5) is 10.1 Å². The molecule has 0 bridgehead atoms. The van der Waals surface area contributed by atoms with E-state index in [1.165, 1.54) is 7.11 Å². The van der Waals surface area contributed by atoms with Gasteiger partial charge in [0.05, 0.1) is 25.2 Å². The van der Waals surface area contributed by atoms with Gasteiger partial charge in [0.2, 0.25) is 11.0 Å². The highest BCUT2D eigenvalue weighted by molar-refractivity contribution is 7.11. The van der Waals surface area contributed by atoms with E-state index in [1.54, 1.807) is 0 Å². The number of hydrogen-bond donors (Lipinski definition) is 0. The van der Waals surface area contributed by atoms with Crippen LogP contribution < -0.4 is 4.90 Å².